The number of nitrogens with one attached hydrogen (secondary N) is 3. The highest BCUT2D eigenvalue weighted by Gasteiger charge is 2.31. The first-order valence-corrected chi connectivity index (χ1v) is 10.3. The molecule has 3 N–H and O–H groups in total. The van der Waals surface area contributed by atoms with Crippen LogP contribution in [0, 0.1) is 0 Å². The molecule has 2 heterocycles. The second-order valence-corrected chi connectivity index (χ2v) is 7.49. The Balaban J connectivity index is 1.64. The number of hydrogen-bond donors (Lipinski definition) is 3. The van der Waals surface area contributed by atoms with E-state index in [1.165, 1.54) is 0 Å². The van der Waals surface area contributed by atoms with Crippen LogP contribution in [0.4, 0.5) is 5.69 Å². The average Bonchev–Trinajstić information content (AvgIpc) is 2.78. The molecule has 0 aliphatic carbocycles. The zero-order chi connectivity index (χ0) is 21.6. The topological polar surface area (TPSA) is 75.3 Å². The van der Waals surface area contributed by atoms with E-state index in [0.29, 0.717) is 34.4 Å². The van der Waals surface area contributed by atoms with Crippen LogP contribution >= 0.6 is 12.2 Å². The van der Waals surface area contributed by atoms with Gasteiger partial charge in [0.05, 0.1) is 23.5 Å². The third-order valence-electron chi connectivity index (χ3n) is 4.90. The molecule has 0 saturated carbocycles. The van der Waals surface area contributed by atoms with Gasteiger partial charge in [-0.3, -0.25) is 9.78 Å². The molecule has 0 unspecified atom stereocenters. The summed E-state index contributed by atoms with van der Waals surface area (Å²) >= 11 is 5.37. The van der Waals surface area contributed by atoms with Gasteiger partial charge in [-0.05, 0) is 42.9 Å². The number of aromatic nitrogens is 1. The summed E-state index contributed by atoms with van der Waals surface area (Å²) < 4.78 is 6.13. The van der Waals surface area contributed by atoms with Gasteiger partial charge in [-0.2, -0.15) is 0 Å². The molecule has 3 aromatic rings. The fourth-order valence-electron chi connectivity index (χ4n) is 3.45. The molecule has 31 heavy (non-hydrogen) atoms. The molecule has 1 aromatic heterocycles. The summed E-state index contributed by atoms with van der Waals surface area (Å²) in [5.41, 5.74) is 3.74. The summed E-state index contributed by atoms with van der Waals surface area (Å²) in [6.07, 6.45) is 3.26. The molecular formula is C24H22N4O2S. The molecule has 0 spiro atoms. The van der Waals surface area contributed by atoms with Gasteiger partial charge in [0.2, 0.25) is 0 Å². The van der Waals surface area contributed by atoms with Crippen LogP contribution < -0.4 is 20.7 Å². The number of allylic oxidation sites excluding steroid dienone is 1. The summed E-state index contributed by atoms with van der Waals surface area (Å²) in [6.45, 7) is 2.26. The first-order chi connectivity index (χ1) is 15.1. The highest BCUT2D eigenvalue weighted by Crippen LogP contribution is 2.34. The second-order valence-electron chi connectivity index (χ2n) is 7.08. The number of thiocarbonyl (C=S) groups is 1. The molecule has 1 aliphatic heterocycles. The van der Waals surface area contributed by atoms with Crippen LogP contribution in [-0.4, -0.2) is 16.0 Å². The highest BCUT2D eigenvalue weighted by atomic mass is 32.1. The molecule has 2 aromatic carbocycles. The predicted molar refractivity (Wildman–Crippen MR) is 124 cm³/mol. The number of hydrogen-bond acceptors (Lipinski definition) is 4. The molecular weight excluding hydrogens is 408 g/mol. The second kappa shape index (κ2) is 9.40. The number of rotatable bonds is 6. The van der Waals surface area contributed by atoms with E-state index in [4.69, 9.17) is 17.0 Å². The van der Waals surface area contributed by atoms with Crippen molar-refractivity contribution in [2.75, 3.05) is 5.32 Å². The first-order valence-electron chi connectivity index (χ1n) is 9.87. The fourth-order valence-corrected chi connectivity index (χ4v) is 3.72. The van der Waals surface area contributed by atoms with Gasteiger partial charge in [-0.25, -0.2) is 0 Å². The van der Waals surface area contributed by atoms with Gasteiger partial charge in [0.15, 0.2) is 5.11 Å². The van der Waals surface area contributed by atoms with Crippen molar-refractivity contribution in [3.05, 3.63) is 102 Å². The average molecular weight is 431 g/mol. The maximum absolute atomic E-state index is 13.2. The third-order valence-corrected chi connectivity index (χ3v) is 5.12. The minimum absolute atomic E-state index is 0.240. The van der Waals surface area contributed by atoms with E-state index in [9.17, 15) is 4.79 Å². The van der Waals surface area contributed by atoms with Crippen LogP contribution in [-0.2, 0) is 11.4 Å². The van der Waals surface area contributed by atoms with Crippen molar-refractivity contribution in [2.24, 2.45) is 0 Å². The molecule has 1 amide bonds. The van der Waals surface area contributed by atoms with Crippen molar-refractivity contribution in [2.45, 2.75) is 19.6 Å². The largest absolute Gasteiger partial charge is 0.489 e. The van der Waals surface area contributed by atoms with E-state index >= 15 is 0 Å². The van der Waals surface area contributed by atoms with E-state index in [0.717, 1.165) is 11.1 Å². The number of benzene rings is 2. The quantitative estimate of drug-likeness (QED) is 0.512. The van der Waals surface area contributed by atoms with Crippen LogP contribution in [0.2, 0.25) is 0 Å². The van der Waals surface area contributed by atoms with Crippen LogP contribution in [0.25, 0.3) is 0 Å². The SMILES string of the molecule is CC1=C(C(=O)Nc2cccnc2)[C@H](c2ccccc2OCc2ccccc2)NC(=S)N1. The Kier molecular flexibility index (Phi) is 6.24. The molecule has 0 bridgehead atoms. The number of nitrogens with zero attached hydrogens (tertiary/aromatic N) is 1. The van der Waals surface area contributed by atoms with E-state index in [1.54, 1.807) is 24.5 Å². The van der Waals surface area contributed by atoms with Gasteiger partial charge in [0, 0.05) is 17.5 Å². The lowest BCUT2D eigenvalue weighted by Gasteiger charge is -2.31. The number of para-hydroxylation sites is 1. The summed E-state index contributed by atoms with van der Waals surface area (Å²) in [5, 5.41) is 9.65. The Labute approximate surface area is 186 Å². The minimum atomic E-state index is -0.461. The van der Waals surface area contributed by atoms with E-state index in [1.807, 2.05) is 61.5 Å². The zero-order valence-corrected chi connectivity index (χ0v) is 17.8. The molecule has 4 rings (SSSR count). The molecule has 6 nitrogen and oxygen atoms in total. The van der Waals surface area contributed by atoms with Crippen molar-refractivity contribution >= 4 is 28.9 Å². The number of amides is 1. The molecule has 1 atom stereocenters. The van der Waals surface area contributed by atoms with Gasteiger partial charge in [-0.1, -0.05) is 48.5 Å². The highest BCUT2D eigenvalue weighted by molar-refractivity contribution is 7.80. The molecule has 0 fully saturated rings. The zero-order valence-electron chi connectivity index (χ0n) is 17.0. The molecule has 7 heteroatoms. The monoisotopic (exact) mass is 430 g/mol. The maximum atomic E-state index is 13.2. The van der Waals surface area contributed by atoms with Crippen LogP contribution in [0.1, 0.15) is 24.1 Å². The van der Waals surface area contributed by atoms with Crippen molar-refractivity contribution in [1.82, 2.24) is 15.6 Å². The third kappa shape index (κ3) is 4.90. The summed E-state index contributed by atoms with van der Waals surface area (Å²) in [7, 11) is 0. The Morgan fingerprint density at radius 1 is 1.10 bits per heavy atom. The minimum Gasteiger partial charge on any atom is -0.489 e. The van der Waals surface area contributed by atoms with E-state index in [2.05, 4.69) is 20.9 Å². The van der Waals surface area contributed by atoms with E-state index in [-0.39, 0.29) is 5.91 Å². The lowest BCUT2D eigenvalue weighted by molar-refractivity contribution is -0.113. The van der Waals surface area contributed by atoms with Gasteiger partial charge in [0.1, 0.15) is 12.4 Å². The van der Waals surface area contributed by atoms with Crippen molar-refractivity contribution < 1.29 is 9.53 Å². The van der Waals surface area contributed by atoms with Gasteiger partial charge in [0.25, 0.3) is 5.91 Å². The predicted octanol–water partition coefficient (Wildman–Crippen LogP) is 4.09. The smallest absolute Gasteiger partial charge is 0.255 e. The first kappa shape index (κ1) is 20.6. The number of anilines is 1. The molecule has 0 saturated heterocycles. The maximum Gasteiger partial charge on any atom is 0.255 e. The molecule has 0 radical (unpaired) electrons. The van der Waals surface area contributed by atoms with Crippen LogP contribution in [0.15, 0.2) is 90.4 Å². The standard InChI is InChI=1S/C24H22N4O2S/c1-16-21(23(29)27-18-10-7-13-25-14-18)22(28-24(31)26-16)19-11-5-6-12-20(19)30-15-17-8-3-2-4-9-17/h2-14,22H,15H2,1H3,(H,27,29)(H2,26,28,31)/t22-/m0/s1. The van der Waals surface area contributed by atoms with Crippen molar-refractivity contribution in [3.63, 3.8) is 0 Å². The van der Waals surface area contributed by atoms with Crippen LogP contribution in [0.5, 0.6) is 5.75 Å². The van der Waals surface area contributed by atoms with Gasteiger partial charge < -0.3 is 20.7 Å². The van der Waals surface area contributed by atoms with Gasteiger partial charge in [-0.15, -0.1) is 0 Å². The lowest BCUT2D eigenvalue weighted by atomic mass is 9.94. The number of carbonyl (C=O) groups excluding carboxylic acids is 1. The van der Waals surface area contributed by atoms with Crippen LogP contribution in [0.3, 0.4) is 0 Å². The fraction of sp³-hybridized carbons (Fsp3) is 0.125. The number of pyridine rings is 1. The van der Waals surface area contributed by atoms with Gasteiger partial charge >= 0.3 is 0 Å². The van der Waals surface area contributed by atoms with Crippen molar-refractivity contribution in [1.29, 1.82) is 0 Å². The van der Waals surface area contributed by atoms with E-state index < -0.39 is 6.04 Å². The Bertz CT molecular complexity index is 1120. The lowest BCUT2D eigenvalue weighted by Crippen LogP contribution is -2.45. The summed E-state index contributed by atoms with van der Waals surface area (Å²) in [5.74, 6) is 0.448. The molecule has 1 aliphatic rings. The number of ether oxygens (including phenoxy) is 1. The Hall–Kier alpha value is -3.71. The Morgan fingerprint density at radius 2 is 1.87 bits per heavy atom. The summed E-state index contributed by atoms with van der Waals surface area (Å²) in [4.78, 5) is 17.3. The Morgan fingerprint density at radius 3 is 2.65 bits per heavy atom. The normalized spacial score (nSPS) is 15.6. The van der Waals surface area contributed by atoms with Crippen molar-refractivity contribution in [3.8, 4) is 5.75 Å². The summed E-state index contributed by atoms with van der Waals surface area (Å²) in [6, 6.07) is 20.7. The molecule has 156 valence electrons. The number of carbonyl (C=O) groups is 1.